The van der Waals surface area contributed by atoms with Gasteiger partial charge in [0.2, 0.25) is 0 Å². The van der Waals surface area contributed by atoms with E-state index in [4.69, 9.17) is 0 Å². The number of nitrogens with one attached hydrogen (secondary N) is 1. The van der Waals surface area contributed by atoms with Crippen molar-refractivity contribution in [2.24, 2.45) is 0 Å². The molecular weight excluding hydrogens is 356 g/mol. The first-order chi connectivity index (χ1) is 13.2. The number of hydrogen-bond donors (Lipinski definition) is 1. The fraction of sp³-hybridized carbons (Fsp3) is 0.364. The number of rotatable bonds is 4. The molecule has 1 amide bonds. The summed E-state index contributed by atoms with van der Waals surface area (Å²) in [5.41, 5.74) is 2.69. The van der Waals surface area contributed by atoms with Crippen LogP contribution in [0.2, 0.25) is 0 Å². The van der Waals surface area contributed by atoms with Gasteiger partial charge in [-0.3, -0.25) is 14.5 Å². The molecular formula is C22H24N2O2S. The van der Waals surface area contributed by atoms with Crippen molar-refractivity contribution in [3.05, 3.63) is 65.2 Å². The summed E-state index contributed by atoms with van der Waals surface area (Å²) >= 11 is 1.62. The zero-order valence-corrected chi connectivity index (χ0v) is 16.1. The highest BCUT2D eigenvalue weighted by atomic mass is 32.2. The molecule has 0 unspecified atom stereocenters. The molecule has 0 atom stereocenters. The molecule has 1 saturated heterocycles. The van der Waals surface area contributed by atoms with Gasteiger partial charge in [-0.2, -0.15) is 0 Å². The molecule has 4 rings (SSSR count). The molecule has 0 saturated carbocycles. The first kappa shape index (κ1) is 18.3. The number of Topliss-reactive ketones (excluding diaryl/α,β-unsaturated/α-hetero) is 1. The van der Waals surface area contributed by atoms with Crippen LogP contribution in [-0.4, -0.2) is 41.5 Å². The number of carbonyl (C=O) groups excluding carboxylic acids is 2. The summed E-state index contributed by atoms with van der Waals surface area (Å²) < 4.78 is 0. The Labute approximate surface area is 164 Å². The molecule has 2 aromatic carbocycles. The number of fused-ring (bicyclic) bond motifs is 1. The minimum atomic E-state index is -0.0458. The third-order valence-electron chi connectivity index (χ3n) is 5.31. The number of benzene rings is 2. The normalized spacial score (nSPS) is 18.1. The van der Waals surface area contributed by atoms with Crippen LogP contribution in [0.4, 0.5) is 0 Å². The molecule has 0 bridgehead atoms. The average molecular weight is 381 g/mol. The van der Waals surface area contributed by atoms with Gasteiger partial charge >= 0.3 is 0 Å². The van der Waals surface area contributed by atoms with Crippen LogP contribution in [0, 0.1) is 0 Å². The molecule has 5 heteroatoms. The van der Waals surface area contributed by atoms with E-state index in [0.717, 1.165) is 43.1 Å². The summed E-state index contributed by atoms with van der Waals surface area (Å²) in [6.07, 6.45) is 2.47. The van der Waals surface area contributed by atoms with Crippen molar-refractivity contribution in [3.8, 4) is 0 Å². The lowest BCUT2D eigenvalue weighted by molar-refractivity contribution is 0.0906. The first-order valence-electron chi connectivity index (χ1n) is 9.57. The number of thioether (sulfide) groups is 1. The molecule has 2 heterocycles. The predicted molar refractivity (Wildman–Crippen MR) is 108 cm³/mol. The van der Waals surface area contributed by atoms with E-state index in [9.17, 15) is 9.59 Å². The van der Waals surface area contributed by atoms with Crippen LogP contribution in [0.15, 0.2) is 53.4 Å². The highest BCUT2D eigenvalue weighted by molar-refractivity contribution is 7.99. The topological polar surface area (TPSA) is 49.4 Å². The second kappa shape index (κ2) is 8.28. The van der Waals surface area contributed by atoms with Crippen LogP contribution in [0.25, 0.3) is 0 Å². The number of hydrogen-bond acceptors (Lipinski definition) is 4. The molecule has 4 nitrogen and oxygen atoms in total. The molecule has 1 fully saturated rings. The summed E-state index contributed by atoms with van der Waals surface area (Å²) in [5, 5.41) is 3.19. The Balaban J connectivity index is 1.35. The first-order valence-corrected chi connectivity index (χ1v) is 10.6. The van der Waals surface area contributed by atoms with E-state index in [1.165, 1.54) is 5.56 Å². The van der Waals surface area contributed by atoms with Gasteiger partial charge in [-0.05, 0) is 24.5 Å². The molecule has 0 spiro atoms. The Kier molecular flexibility index (Phi) is 5.60. The minimum absolute atomic E-state index is 0.0458. The molecule has 0 aliphatic carbocycles. The smallest absolute Gasteiger partial charge is 0.252 e. The lowest BCUT2D eigenvalue weighted by atomic mass is 10.0. The number of likely N-dealkylation sites (tertiary alicyclic amines) is 1. The van der Waals surface area contributed by atoms with E-state index in [-0.39, 0.29) is 17.7 Å². The van der Waals surface area contributed by atoms with Gasteiger partial charge < -0.3 is 5.32 Å². The van der Waals surface area contributed by atoms with Crippen molar-refractivity contribution in [2.75, 3.05) is 18.8 Å². The third kappa shape index (κ3) is 4.25. The van der Waals surface area contributed by atoms with Gasteiger partial charge in [0.25, 0.3) is 5.91 Å². The van der Waals surface area contributed by atoms with Crippen molar-refractivity contribution in [1.29, 1.82) is 0 Å². The predicted octanol–water partition coefficient (Wildman–Crippen LogP) is 3.76. The number of nitrogens with zero attached hydrogens (tertiary/aromatic N) is 1. The Morgan fingerprint density at radius 3 is 2.63 bits per heavy atom. The maximum absolute atomic E-state index is 12.8. The quantitative estimate of drug-likeness (QED) is 0.877. The maximum atomic E-state index is 12.8. The molecule has 2 aromatic rings. The van der Waals surface area contributed by atoms with Crippen molar-refractivity contribution < 1.29 is 9.59 Å². The van der Waals surface area contributed by atoms with Crippen LogP contribution in [0.3, 0.4) is 0 Å². The van der Waals surface area contributed by atoms with Crippen LogP contribution < -0.4 is 5.32 Å². The molecule has 2 aliphatic rings. The molecule has 140 valence electrons. The van der Waals surface area contributed by atoms with Crippen molar-refractivity contribution >= 4 is 23.5 Å². The second-order valence-electron chi connectivity index (χ2n) is 7.21. The van der Waals surface area contributed by atoms with E-state index >= 15 is 0 Å². The van der Waals surface area contributed by atoms with Gasteiger partial charge in [0.15, 0.2) is 5.78 Å². The number of piperidine rings is 1. The van der Waals surface area contributed by atoms with Crippen molar-refractivity contribution in [1.82, 2.24) is 10.2 Å². The summed E-state index contributed by atoms with van der Waals surface area (Å²) in [7, 11) is 0. The van der Waals surface area contributed by atoms with Gasteiger partial charge in [0.1, 0.15) is 0 Å². The summed E-state index contributed by atoms with van der Waals surface area (Å²) in [5.74, 6) is 0.858. The van der Waals surface area contributed by atoms with E-state index in [0.29, 0.717) is 17.5 Å². The largest absolute Gasteiger partial charge is 0.349 e. The third-order valence-corrected chi connectivity index (χ3v) is 6.44. The van der Waals surface area contributed by atoms with Gasteiger partial charge in [-0.1, -0.05) is 42.5 Å². The van der Waals surface area contributed by atoms with Crippen molar-refractivity contribution in [3.63, 3.8) is 0 Å². The highest BCUT2D eigenvalue weighted by Crippen LogP contribution is 2.33. The summed E-state index contributed by atoms with van der Waals surface area (Å²) in [6, 6.07) is 16.2. The Bertz CT molecular complexity index is 829. The average Bonchev–Trinajstić information content (AvgIpc) is 2.70. The van der Waals surface area contributed by atoms with E-state index in [2.05, 4.69) is 34.5 Å². The highest BCUT2D eigenvalue weighted by Gasteiger charge is 2.26. The standard InChI is InChI=1S/C22H24N2O2S/c25-20-11-14-27-21-18(20)7-4-8-19(21)22(26)23-17-9-12-24(13-10-17)15-16-5-2-1-3-6-16/h1-8,17H,9-15H2,(H,23,26). The Morgan fingerprint density at radius 1 is 1.07 bits per heavy atom. The van der Waals surface area contributed by atoms with E-state index in [1.54, 1.807) is 11.8 Å². The zero-order valence-electron chi connectivity index (χ0n) is 15.3. The second-order valence-corrected chi connectivity index (χ2v) is 8.32. The Morgan fingerprint density at radius 2 is 1.85 bits per heavy atom. The molecule has 0 aromatic heterocycles. The molecule has 2 aliphatic heterocycles. The maximum Gasteiger partial charge on any atom is 0.252 e. The summed E-state index contributed by atoms with van der Waals surface area (Å²) in [6.45, 7) is 2.94. The lowest BCUT2D eigenvalue weighted by Gasteiger charge is -2.32. The Hall–Kier alpha value is -2.11. The van der Waals surface area contributed by atoms with Crippen LogP contribution in [0.1, 0.15) is 45.5 Å². The summed E-state index contributed by atoms with van der Waals surface area (Å²) in [4.78, 5) is 28.2. The van der Waals surface area contributed by atoms with Gasteiger partial charge in [0, 0.05) is 48.3 Å². The van der Waals surface area contributed by atoms with Crippen molar-refractivity contribution in [2.45, 2.75) is 36.7 Å². The van der Waals surface area contributed by atoms with Crippen LogP contribution in [-0.2, 0) is 6.54 Å². The number of ketones is 1. The SMILES string of the molecule is O=C1CCSc2c1cccc2C(=O)NC1CCN(Cc2ccccc2)CC1. The molecule has 1 N–H and O–H groups in total. The monoisotopic (exact) mass is 380 g/mol. The van der Waals surface area contributed by atoms with Gasteiger partial charge in [-0.25, -0.2) is 0 Å². The zero-order chi connectivity index (χ0) is 18.6. The lowest BCUT2D eigenvalue weighted by Crippen LogP contribution is -2.44. The molecule has 27 heavy (non-hydrogen) atoms. The fourth-order valence-corrected chi connectivity index (χ4v) is 4.96. The fourth-order valence-electron chi connectivity index (χ4n) is 3.81. The number of carbonyl (C=O) groups is 2. The van der Waals surface area contributed by atoms with E-state index in [1.807, 2.05) is 24.3 Å². The number of amides is 1. The van der Waals surface area contributed by atoms with Gasteiger partial charge in [0.05, 0.1) is 5.56 Å². The van der Waals surface area contributed by atoms with Gasteiger partial charge in [-0.15, -0.1) is 11.8 Å². The minimum Gasteiger partial charge on any atom is -0.349 e. The van der Waals surface area contributed by atoms with E-state index < -0.39 is 0 Å². The van der Waals surface area contributed by atoms with Crippen LogP contribution in [0.5, 0.6) is 0 Å². The van der Waals surface area contributed by atoms with Crippen LogP contribution >= 0.6 is 11.8 Å². The molecule has 0 radical (unpaired) electrons.